The Labute approximate surface area is 158 Å². The van der Waals surface area contributed by atoms with Crippen LogP contribution in [0.15, 0.2) is 54.7 Å². The van der Waals surface area contributed by atoms with Crippen LogP contribution in [0.4, 0.5) is 28.8 Å². The Hall–Kier alpha value is -3.48. The third-order valence-electron chi connectivity index (χ3n) is 4.11. The van der Waals surface area contributed by atoms with Crippen LogP contribution in [0.1, 0.15) is 0 Å². The predicted octanol–water partition coefficient (Wildman–Crippen LogP) is 3.80. The first-order valence-corrected chi connectivity index (χ1v) is 8.71. The number of rotatable bonds is 5. The molecule has 27 heavy (non-hydrogen) atoms. The number of nitrogens with zero attached hydrogens (tertiary/aromatic N) is 3. The Morgan fingerprint density at radius 2 is 1.59 bits per heavy atom. The van der Waals surface area contributed by atoms with Gasteiger partial charge in [-0.05, 0) is 42.5 Å². The average Bonchev–Trinajstić information content (AvgIpc) is 2.69. The van der Waals surface area contributed by atoms with Crippen LogP contribution >= 0.6 is 0 Å². The van der Waals surface area contributed by atoms with Crippen molar-refractivity contribution in [1.82, 2.24) is 9.97 Å². The fourth-order valence-electron chi connectivity index (χ4n) is 2.73. The fraction of sp³-hybridized carbons (Fsp3) is 0.200. The van der Waals surface area contributed by atoms with Crippen LogP contribution in [-0.2, 0) is 0 Å². The number of hydrogen-bond acceptors (Lipinski definition) is 7. The first kappa shape index (κ1) is 17.0. The molecular formula is C20H21N5O2. The number of nitrogens with one attached hydrogen (secondary N) is 2. The van der Waals surface area contributed by atoms with Crippen molar-refractivity contribution >= 4 is 28.8 Å². The average molecular weight is 363 g/mol. The number of benzene rings is 2. The summed E-state index contributed by atoms with van der Waals surface area (Å²) in [5.41, 5.74) is 2.94. The van der Waals surface area contributed by atoms with Gasteiger partial charge in [0.1, 0.15) is 19.0 Å². The minimum atomic E-state index is 0.501. The maximum Gasteiger partial charge on any atom is 0.229 e. The molecule has 1 aliphatic heterocycles. The molecule has 0 amide bonds. The van der Waals surface area contributed by atoms with Gasteiger partial charge in [-0.1, -0.05) is 0 Å². The molecule has 0 saturated carbocycles. The van der Waals surface area contributed by atoms with E-state index >= 15 is 0 Å². The first-order chi connectivity index (χ1) is 13.2. The summed E-state index contributed by atoms with van der Waals surface area (Å²) in [6, 6.07) is 15.7. The molecule has 1 aliphatic rings. The fourth-order valence-corrected chi connectivity index (χ4v) is 2.73. The van der Waals surface area contributed by atoms with E-state index in [9.17, 15) is 0 Å². The van der Waals surface area contributed by atoms with E-state index in [1.54, 1.807) is 6.20 Å². The highest BCUT2D eigenvalue weighted by atomic mass is 16.6. The molecule has 0 aliphatic carbocycles. The Bertz CT molecular complexity index is 928. The van der Waals surface area contributed by atoms with Gasteiger partial charge in [-0.15, -0.1) is 0 Å². The van der Waals surface area contributed by atoms with E-state index in [0.29, 0.717) is 25.0 Å². The summed E-state index contributed by atoms with van der Waals surface area (Å²) in [7, 11) is 4.03. The van der Waals surface area contributed by atoms with Crippen LogP contribution in [0.25, 0.3) is 0 Å². The predicted molar refractivity (Wildman–Crippen MR) is 107 cm³/mol. The lowest BCUT2D eigenvalue weighted by atomic mass is 10.2. The van der Waals surface area contributed by atoms with Crippen LogP contribution in [0.5, 0.6) is 11.5 Å². The standard InChI is InChI=1S/C20H21N5O2/c1-25(2)16-6-3-14(4-7-16)22-19-9-10-21-20(24-19)23-15-5-8-17-18(13-15)27-12-11-26-17/h3-10,13H,11-12H2,1-2H3,(H2,21,22,23,24). The van der Waals surface area contributed by atoms with Crippen molar-refractivity contribution in [1.29, 1.82) is 0 Å². The number of anilines is 5. The molecule has 7 heteroatoms. The monoisotopic (exact) mass is 363 g/mol. The van der Waals surface area contributed by atoms with Gasteiger partial charge in [-0.25, -0.2) is 4.98 Å². The highest BCUT2D eigenvalue weighted by molar-refractivity contribution is 5.63. The van der Waals surface area contributed by atoms with Gasteiger partial charge in [0.15, 0.2) is 11.5 Å². The lowest BCUT2D eigenvalue weighted by Crippen LogP contribution is -2.15. The molecule has 0 spiro atoms. The summed E-state index contributed by atoms with van der Waals surface area (Å²) in [4.78, 5) is 10.9. The lowest BCUT2D eigenvalue weighted by Gasteiger charge is -2.19. The first-order valence-electron chi connectivity index (χ1n) is 8.71. The molecule has 0 atom stereocenters. The zero-order chi connectivity index (χ0) is 18.6. The molecule has 2 aromatic carbocycles. The van der Waals surface area contributed by atoms with E-state index in [1.807, 2.05) is 50.5 Å². The van der Waals surface area contributed by atoms with Gasteiger partial charge in [0.2, 0.25) is 5.95 Å². The van der Waals surface area contributed by atoms with Gasteiger partial charge in [0.05, 0.1) is 0 Å². The van der Waals surface area contributed by atoms with Gasteiger partial charge in [0, 0.05) is 43.4 Å². The Morgan fingerprint density at radius 3 is 2.37 bits per heavy atom. The maximum atomic E-state index is 5.61. The maximum absolute atomic E-state index is 5.61. The van der Waals surface area contributed by atoms with E-state index in [-0.39, 0.29) is 0 Å². The zero-order valence-electron chi connectivity index (χ0n) is 15.3. The number of hydrogen-bond donors (Lipinski definition) is 2. The van der Waals surface area contributed by atoms with Gasteiger partial charge in [-0.2, -0.15) is 4.98 Å². The van der Waals surface area contributed by atoms with Gasteiger partial charge in [0.25, 0.3) is 0 Å². The Balaban J connectivity index is 1.47. The summed E-state index contributed by atoms with van der Waals surface area (Å²) in [6.45, 7) is 1.13. The zero-order valence-corrected chi connectivity index (χ0v) is 15.3. The largest absolute Gasteiger partial charge is 0.486 e. The second kappa shape index (κ2) is 7.41. The summed E-state index contributed by atoms with van der Waals surface area (Å²) < 4.78 is 11.1. The highest BCUT2D eigenvalue weighted by Crippen LogP contribution is 2.33. The number of aromatic nitrogens is 2. The Kier molecular flexibility index (Phi) is 4.65. The second-order valence-corrected chi connectivity index (χ2v) is 6.32. The second-order valence-electron chi connectivity index (χ2n) is 6.32. The third kappa shape index (κ3) is 4.03. The molecule has 0 radical (unpaired) electrons. The number of ether oxygens (including phenoxy) is 2. The van der Waals surface area contributed by atoms with Crippen molar-refractivity contribution in [3.63, 3.8) is 0 Å². The minimum Gasteiger partial charge on any atom is -0.486 e. The third-order valence-corrected chi connectivity index (χ3v) is 4.11. The van der Waals surface area contributed by atoms with Crippen molar-refractivity contribution < 1.29 is 9.47 Å². The molecule has 138 valence electrons. The molecule has 0 bridgehead atoms. The molecule has 4 rings (SSSR count). The molecule has 3 aromatic rings. The van der Waals surface area contributed by atoms with E-state index in [1.165, 1.54) is 0 Å². The van der Waals surface area contributed by atoms with Gasteiger partial charge >= 0.3 is 0 Å². The van der Waals surface area contributed by atoms with Crippen molar-refractivity contribution in [2.75, 3.05) is 42.8 Å². The smallest absolute Gasteiger partial charge is 0.229 e. The van der Waals surface area contributed by atoms with Crippen LogP contribution in [0, 0.1) is 0 Å². The number of fused-ring (bicyclic) bond motifs is 1. The van der Waals surface area contributed by atoms with Crippen molar-refractivity contribution in [2.45, 2.75) is 0 Å². The molecule has 0 fully saturated rings. The topological polar surface area (TPSA) is 71.5 Å². The van der Waals surface area contributed by atoms with E-state index in [2.05, 4.69) is 37.6 Å². The van der Waals surface area contributed by atoms with Crippen LogP contribution < -0.4 is 25.0 Å². The van der Waals surface area contributed by atoms with Crippen molar-refractivity contribution in [3.8, 4) is 11.5 Å². The molecular weight excluding hydrogens is 342 g/mol. The van der Waals surface area contributed by atoms with Gasteiger partial charge < -0.3 is 25.0 Å². The van der Waals surface area contributed by atoms with E-state index < -0.39 is 0 Å². The van der Waals surface area contributed by atoms with Crippen molar-refractivity contribution in [2.24, 2.45) is 0 Å². The molecule has 1 aromatic heterocycles. The summed E-state index contributed by atoms with van der Waals surface area (Å²) in [6.07, 6.45) is 1.71. The normalized spacial score (nSPS) is 12.4. The minimum absolute atomic E-state index is 0.501. The molecule has 0 unspecified atom stereocenters. The van der Waals surface area contributed by atoms with Crippen LogP contribution in [0.2, 0.25) is 0 Å². The van der Waals surface area contributed by atoms with Crippen LogP contribution in [-0.4, -0.2) is 37.3 Å². The highest BCUT2D eigenvalue weighted by Gasteiger charge is 2.12. The summed E-state index contributed by atoms with van der Waals surface area (Å²) in [5, 5.41) is 6.49. The van der Waals surface area contributed by atoms with Crippen LogP contribution in [0.3, 0.4) is 0 Å². The molecule has 7 nitrogen and oxygen atoms in total. The SMILES string of the molecule is CN(C)c1ccc(Nc2ccnc(Nc3ccc4c(c3)OCCO4)n2)cc1. The summed E-state index contributed by atoms with van der Waals surface area (Å²) in [5.74, 6) is 2.69. The van der Waals surface area contributed by atoms with E-state index in [4.69, 9.17) is 9.47 Å². The molecule has 2 heterocycles. The Morgan fingerprint density at radius 1 is 0.852 bits per heavy atom. The van der Waals surface area contributed by atoms with Crippen molar-refractivity contribution in [3.05, 3.63) is 54.7 Å². The van der Waals surface area contributed by atoms with Gasteiger partial charge in [-0.3, -0.25) is 0 Å². The van der Waals surface area contributed by atoms with E-state index in [0.717, 1.165) is 28.6 Å². The summed E-state index contributed by atoms with van der Waals surface area (Å²) >= 11 is 0. The molecule has 2 N–H and O–H groups in total. The molecule has 0 saturated heterocycles. The lowest BCUT2D eigenvalue weighted by molar-refractivity contribution is 0.171. The quantitative estimate of drug-likeness (QED) is 0.714.